The SMILES string of the molecule is CCCNC(=O)[C@H](Cc1ccccc1)N(Cc1ccc(Cl)cc1Cl)C(=O)CN(c1cc(C)cc(C)c1)S(=O)(=O)c1ccc(OC)c(OC)c1. The molecular weight excluding hydrogens is 685 g/mol. The number of nitrogens with zero attached hydrogens (tertiary/aromatic N) is 2. The molecular formula is C37H41Cl2N3O6S. The average Bonchev–Trinajstić information content (AvgIpc) is 3.07. The van der Waals surface area contributed by atoms with Gasteiger partial charge in [0.2, 0.25) is 11.8 Å². The third-order valence-electron chi connectivity index (χ3n) is 7.89. The Labute approximate surface area is 298 Å². The second-order valence-corrected chi connectivity index (χ2v) is 14.3. The maximum Gasteiger partial charge on any atom is 0.264 e. The lowest BCUT2D eigenvalue weighted by Crippen LogP contribution is -2.53. The van der Waals surface area contributed by atoms with Crippen molar-refractivity contribution in [1.82, 2.24) is 10.2 Å². The molecule has 0 saturated heterocycles. The fraction of sp³-hybridized carbons (Fsp3) is 0.297. The van der Waals surface area contributed by atoms with Gasteiger partial charge >= 0.3 is 0 Å². The van der Waals surface area contributed by atoms with E-state index in [4.69, 9.17) is 32.7 Å². The van der Waals surface area contributed by atoms with Crippen molar-refractivity contribution in [3.63, 3.8) is 0 Å². The van der Waals surface area contributed by atoms with Gasteiger partial charge in [0.15, 0.2) is 11.5 Å². The number of nitrogens with one attached hydrogen (secondary N) is 1. The van der Waals surface area contributed by atoms with Crippen LogP contribution in [0, 0.1) is 13.8 Å². The van der Waals surface area contributed by atoms with Crippen LogP contribution in [-0.2, 0) is 32.6 Å². The van der Waals surface area contributed by atoms with Gasteiger partial charge in [-0.05, 0) is 78.9 Å². The Morgan fingerprint density at radius 2 is 1.53 bits per heavy atom. The normalized spacial score (nSPS) is 11.8. The summed E-state index contributed by atoms with van der Waals surface area (Å²) in [5, 5.41) is 3.65. The van der Waals surface area contributed by atoms with E-state index >= 15 is 0 Å². The number of hydrogen-bond acceptors (Lipinski definition) is 6. The highest BCUT2D eigenvalue weighted by molar-refractivity contribution is 7.92. The Kier molecular flexibility index (Phi) is 13.0. The van der Waals surface area contributed by atoms with Crippen LogP contribution in [0.3, 0.4) is 0 Å². The van der Waals surface area contributed by atoms with E-state index in [0.29, 0.717) is 40.0 Å². The number of anilines is 1. The summed E-state index contributed by atoms with van der Waals surface area (Å²) in [4.78, 5) is 29.9. The number of benzene rings is 4. The van der Waals surface area contributed by atoms with Gasteiger partial charge in [0.05, 0.1) is 24.8 Å². The standard InChI is InChI=1S/C37H41Cl2N3O6S/c1-6-16-40-37(44)33(20-27-10-8-7-9-11-27)41(23-28-12-13-29(38)21-32(28)39)36(43)24-42(30-18-25(2)17-26(3)19-30)49(45,46)31-14-15-34(47-4)35(22-31)48-5/h7-15,17-19,21-22,33H,6,16,20,23-24H2,1-5H3,(H,40,44)/t33-/m0/s1. The van der Waals surface area contributed by atoms with Crippen molar-refractivity contribution in [3.8, 4) is 11.5 Å². The van der Waals surface area contributed by atoms with Crippen molar-refractivity contribution in [2.45, 2.75) is 51.1 Å². The molecule has 0 bridgehead atoms. The molecule has 0 spiro atoms. The van der Waals surface area contributed by atoms with Gasteiger partial charge in [-0.1, -0.05) is 72.6 Å². The number of methoxy groups -OCH3 is 2. The minimum Gasteiger partial charge on any atom is -0.493 e. The fourth-order valence-corrected chi connectivity index (χ4v) is 7.36. The number of aryl methyl sites for hydroxylation is 2. The minimum absolute atomic E-state index is 0.0804. The average molecular weight is 727 g/mol. The van der Waals surface area contributed by atoms with Crippen LogP contribution in [0.1, 0.15) is 35.6 Å². The highest BCUT2D eigenvalue weighted by Crippen LogP contribution is 2.33. The molecule has 1 atom stereocenters. The number of hydrogen-bond donors (Lipinski definition) is 1. The fourth-order valence-electron chi connectivity index (χ4n) is 5.48. The monoisotopic (exact) mass is 725 g/mol. The summed E-state index contributed by atoms with van der Waals surface area (Å²) in [5.74, 6) is -0.417. The first-order chi connectivity index (χ1) is 23.4. The minimum atomic E-state index is -4.37. The van der Waals surface area contributed by atoms with Crippen LogP contribution in [0.15, 0.2) is 89.8 Å². The summed E-state index contributed by atoms with van der Waals surface area (Å²) >= 11 is 12.8. The van der Waals surface area contributed by atoms with Crippen LogP contribution in [-0.4, -0.2) is 58.5 Å². The molecule has 4 rings (SSSR count). The van der Waals surface area contributed by atoms with Crippen molar-refractivity contribution in [1.29, 1.82) is 0 Å². The molecule has 0 radical (unpaired) electrons. The molecule has 4 aromatic carbocycles. The number of carbonyl (C=O) groups is 2. The zero-order valence-corrected chi connectivity index (χ0v) is 30.5. The Bertz CT molecular complexity index is 1870. The van der Waals surface area contributed by atoms with E-state index in [1.807, 2.05) is 57.2 Å². The van der Waals surface area contributed by atoms with Crippen LogP contribution in [0.2, 0.25) is 10.0 Å². The lowest BCUT2D eigenvalue weighted by Gasteiger charge is -2.34. The van der Waals surface area contributed by atoms with E-state index in [1.165, 1.54) is 37.3 Å². The van der Waals surface area contributed by atoms with Gasteiger partial charge in [-0.15, -0.1) is 0 Å². The predicted molar refractivity (Wildman–Crippen MR) is 194 cm³/mol. The molecule has 0 saturated carbocycles. The van der Waals surface area contributed by atoms with Gasteiger partial charge in [-0.25, -0.2) is 8.42 Å². The van der Waals surface area contributed by atoms with E-state index in [9.17, 15) is 18.0 Å². The van der Waals surface area contributed by atoms with E-state index in [2.05, 4.69) is 5.32 Å². The summed E-state index contributed by atoms with van der Waals surface area (Å²) in [6.07, 6.45) is 0.865. The molecule has 2 amide bonds. The molecule has 0 aliphatic heterocycles. The van der Waals surface area contributed by atoms with Crippen LogP contribution in [0.25, 0.3) is 0 Å². The van der Waals surface area contributed by atoms with Gasteiger partial charge < -0.3 is 19.7 Å². The number of ether oxygens (including phenoxy) is 2. The largest absolute Gasteiger partial charge is 0.493 e. The van der Waals surface area contributed by atoms with Crippen LogP contribution in [0.4, 0.5) is 5.69 Å². The van der Waals surface area contributed by atoms with Gasteiger partial charge in [0.25, 0.3) is 10.0 Å². The number of carbonyl (C=O) groups excluding carboxylic acids is 2. The molecule has 0 aliphatic rings. The second kappa shape index (κ2) is 16.9. The number of halogens is 2. The Morgan fingerprint density at radius 3 is 2.14 bits per heavy atom. The first-order valence-electron chi connectivity index (χ1n) is 15.8. The predicted octanol–water partition coefficient (Wildman–Crippen LogP) is 6.99. The quantitative estimate of drug-likeness (QED) is 0.142. The van der Waals surface area contributed by atoms with Gasteiger partial charge in [0.1, 0.15) is 12.6 Å². The lowest BCUT2D eigenvalue weighted by molar-refractivity contribution is -0.140. The molecule has 12 heteroatoms. The Morgan fingerprint density at radius 1 is 0.857 bits per heavy atom. The molecule has 0 heterocycles. The van der Waals surface area contributed by atoms with Crippen molar-refractivity contribution in [2.24, 2.45) is 0 Å². The second-order valence-electron chi connectivity index (χ2n) is 11.6. The molecule has 0 fully saturated rings. The Balaban J connectivity index is 1.87. The first kappa shape index (κ1) is 37.6. The molecule has 260 valence electrons. The smallest absolute Gasteiger partial charge is 0.264 e. The van der Waals surface area contributed by atoms with E-state index in [1.54, 1.807) is 30.3 Å². The zero-order chi connectivity index (χ0) is 35.7. The van der Waals surface area contributed by atoms with Crippen molar-refractivity contribution in [2.75, 3.05) is 31.6 Å². The highest BCUT2D eigenvalue weighted by atomic mass is 35.5. The summed E-state index contributed by atoms with van der Waals surface area (Å²) in [6, 6.07) is 22.8. The topological polar surface area (TPSA) is 105 Å². The van der Waals surface area contributed by atoms with Crippen molar-refractivity contribution in [3.05, 3.63) is 117 Å². The lowest BCUT2D eigenvalue weighted by atomic mass is 10.0. The third kappa shape index (κ3) is 9.47. The maximum absolute atomic E-state index is 14.7. The van der Waals surface area contributed by atoms with Crippen molar-refractivity contribution < 1.29 is 27.5 Å². The molecule has 0 aliphatic carbocycles. The third-order valence-corrected chi connectivity index (χ3v) is 10.2. The van der Waals surface area contributed by atoms with Crippen LogP contribution >= 0.6 is 23.2 Å². The summed E-state index contributed by atoms with van der Waals surface area (Å²) < 4.78 is 40.8. The van der Waals surface area contributed by atoms with Crippen LogP contribution in [0.5, 0.6) is 11.5 Å². The highest BCUT2D eigenvalue weighted by Gasteiger charge is 2.35. The van der Waals surface area contributed by atoms with Gasteiger partial charge in [-0.3, -0.25) is 13.9 Å². The molecule has 0 unspecified atom stereocenters. The van der Waals surface area contributed by atoms with E-state index in [-0.39, 0.29) is 29.5 Å². The molecule has 4 aromatic rings. The zero-order valence-electron chi connectivity index (χ0n) is 28.2. The summed E-state index contributed by atoms with van der Waals surface area (Å²) in [5.41, 5.74) is 3.27. The summed E-state index contributed by atoms with van der Waals surface area (Å²) in [7, 11) is -1.51. The summed E-state index contributed by atoms with van der Waals surface area (Å²) in [6.45, 7) is 5.34. The van der Waals surface area contributed by atoms with Gasteiger partial charge in [-0.2, -0.15) is 0 Å². The molecule has 1 N–H and O–H groups in total. The van der Waals surface area contributed by atoms with Crippen molar-refractivity contribution >= 4 is 50.7 Å². The molecule has 49 heavy (non-hydrogen) atoms. The Hall–Kier alpha value is -4.25. The van der Waals surface area contributed by atoms with Crippen LogP contribution < -0.4 is 19.1 Å². The van der Waals surface area contributed by atoms with E-state index in [0.717, 1.165) is 21.0 Å². The first-order valence-corrected chi connectivity index (χ1v) is 18.0. The van der Waals surface area contributed by atoms with E-state index < -0.39 is 28.5 Å². The number of sulfonamides is 1. The maximum atomic E-state index is 14.7. The molecule has 9 nitrogen and oxygen atoms in total. The number of amides is 2. The number of rotatable bonds is 15. The van der Waals surface area contributed by atoms with Gasteiger partial charge in [0, 0.05) is 35.6 Å². The molecule has 0 aromatic heterocycles.